The maximum Gasteiger partial charge on any atom is 0.0423 e. The van der Waals surface area contributed by atoms with Crippen molar-refractivity contribution in [2.45, 2.75) is 40.5 Å². The van der Waals surface area contributed by atoms with E-state index >= 15 is 0 Å². The van der Waals surface area contributed by atoms with Gasteiger partial charge in [0, 0.05) is 12.3 Å². The third-order valence-corrected chi connectivity index (χ3v) is 2.79. The second-order valence-corrected chi connectivity index (χ2v) is 3.68. The fourth-order valence-electron chi connectivity index (χ4n) is 1.82. The number of rotatable bonds is 1. The van der Waals surface area contributed by atoms with Crippen LogP contribution in [0.15, 0.2) is 23.2 Å². The number of hydrogen-bond acceptors (Lipinski definition) is 1. The quantitative estimate of drug-likeness (QED) is 0.656. The summed E-state index contributed by atoms with van der Waals surface area (Å²) in [4.78, 5) is 4.52. The molecule has 0 aliphatic carbocycles. The second-order valence-electron chi connectivity index (χ2n) is 3.68. The Morgan fingerprint density at radius 2 is 1.87 bits per heavy atom. The Hall–Kier alpha value is -1.11. The molecular weight excluding hydrogens is 182 g/mol. The summed E-state index contributed by atoms with van der Waals surface area (Å²) in [7, 11) is 0. The molecule has 1 nitrogen and oxygen atoms in total. The molecule has 0 saturated carbocycles. The molecule has 1 aliphatic heterocycles. The molecule has 0 atom stereocenters. The van der Waals surface area contributed by atoms with Crippen molar-refractivity contribution < 1.29 is 0 Å². The van der Waals surface area contributed by atoms with E-state index in [2.05, 4.69) is 37.0 Å². The Bertz CT molecular complexity index is 350. The lowest BCUT2D eigenvalue weighted by molar-refractivity contribution is 0.951. The van der Waals surface area contributed by atoms with Crippen molar-refractivity contribution in [3.05, 3.63) is 34.9 Å². The van der Waals surface area contributed by atoms with Gasteiger partial charge >= 0.3 is 0 Å². The monoisotopic (exact) mass is 203 g/mol. The third-order valence-electron chi connectivity index (χ3n) is 2.79. The molecule has 0 saturated heterocycles. The Labute approximate surface area is 93.2 Å². The molecule has 2 rings (SSSR count). The zero-order chi connectivity index (χ0) is 11.3. The van der Waals surface area contributed by atoms with Gasteiger partial charge in [0.25, 0.3) is 0 Å². The van der Waals surface area contributed by atoms with Crippen LogP contribution in [0.2, 0.25) is 0 Å². The smallest absolute Gasteiger partial charge is 0.0423 e. The van der Waals surface area contributed by atoms with Crippen LogP contribution in [0.25, 0.3) is 0 Å². The predicted molar refractivity (Wildman–Crippen MR) is 67.9 cm³/mol. The van der Waals surface area contributed by atoms with Crippen LogP contribution in [0.5, 0.6) is 0 Å². The van der Waals surface area contributed by atoms with Crippen LogP contribution in [-0.4, -0.2) is 12.3 Å². The Morgan fingerprint density at radius 1 is 1.13 bits per heavy atom. The molecule has 0 spiro atoms. The van der Waals surface area contributed by atoms with Crippen molar-refractivity contribution in [2.75, 3.05) is 6.54 Å². The van der Waals surface area contributed by atoms with E-state index in [1.54, 1.807) is 0 Å². The van der Waals surface area contributed by atoms with Crippen LogP contribution in [0, 0.1) is 13.8 Å². The standard InChI is InChI=1S/C12H15N.C2H6/c1-9-5-3-6-11(10(9)2)12-7-4-8-13-12;1-2/h3,5-6H,4,7-8H2,1-2H3;1-2H3. The van der Waals surface area contributed by atoms with E-state index in [-0.39, 0.29) is 0 Å². The largest absolute Gasteiger partial charge is 0.289 e. The van der Waals surface area contributed by atoms with Gasteiger partial charge in [0.15, 0.2) is 0 Å². The van der Waals surface area contributed by atoms with E-state index in [9.17, 15) is 0 Å². The number of aryl methyl sites for hydroxylation is 1. The Morgan fingerprint density at radius 3 is 2.47 bits per heavy atom. The van der Waals surface area contributed by atoms with E-state index in [4.69, 9.17) is 0 Å². The first-order valence-electron chi connectivity index (χ1n) is 5.89. The zero-order valence-corrected chi connectivity index (χ0v) is 10.3. The molecular formula is C14H21N. The lowest BCUT2D eigenvalue weighted by atomic mass is 9.98. The van der Waals surface area contributed by atoms with Gasteiger partial charge in [-0.2, -0.15) is 0 Å². The molecule has 0 aromatic heterocycles. The van der Waals surface area contributed by atoms with E-state index in [0.29, 0.717) is 0 Å². The van der Waals surface area contributed by atoms with Gasteiger partial charge in [-0.15, -0.1) is 0 Å². The lowest BCUT2D eigenvalue weighted by Gasteiger charge is -2.07. The van der Waals surface area contributed by atoms with Gasteiger partial charge in [-0.3, -0.25) is 4.99 Å². The van der Waals surface area contributed by atoms with Crippen molar-refractivity contribution in [3.63, 3.8) is 0 Å². The van der Waals surface area contributed by atoms with Gasteiger partial charge in [0.2, 0.25) is 0 Å². The average molecular weight is 203 g/mol. The molecule has 82 valence electrons. The molecule has 0 amide bonds. The molecule has 15 heavy (non-hydrogen) atoms. The van der Waals surface area contributed by atoms with Gasteiger partial charge in [0.1, 0.15) is 0 Å². The first kappa shape index (κ1) is 12.0. The highest BCUT2D eigenvalue weighted by Crippen LogP contribution is 2.18. The first-order valence-corrected chi connectivity index (χ1v) is 5.89. The Kier molecular flexibility index (Phi) is 4.54. The minimum Gasteiger partial charge on any atom is -0.289 e. The summed E-state index contributed by atoms with van der Waals surface area (Å²) < 4.78 is 0. The maximum atomic E-state index is 4.52. The summed E-state index contributed by atoms with van der Waals surface area (Å²) in [6.07, 6.45) is 2.38. The molecule has 0 unspecified atom stereocenters. The SMILES string of the molecule is CC.Cc1cccc(C2=NCCC2)c1C. The predicted octanol–water partition coefficient (Wildman–Crippen LogP) is 3.91. The van der Waals surface area contributed by atoms with Crippen LogP contribution >= 0.6 is 0 Å². The molecule has 0 N–H and O–H groups in total. The van der Waals surface area contributed by atoms with Gasteiger partial charge < -0.3 is 0 Å². The maximum absolute atomic E-state index is 4.52. The van der Waals surface area contributed by atoms with Crippen LogP contribution < -0.4 is 0 Å². The van der Waals surface area contributed by atoms with Crippen molar-refractivity contribution in [2.24, 2.45) is 4.99 Å². The minimum absolute atomic E-state index is 1.02. The highest BCUT2D eigenvalue weighted by Gasteiger charge is 2.11. The summed E-state index contributed by atoms with van der Waals surface area (Å²) >= 11 is 0. The van der Waals surface area contributed by atoms with Crippen molar-refractivity contribution in [3.8, 4) is 0 Å². The molecule has 1 aromatic carbocycles. The highest BCUT2D eigenvalue weighted by molar-refractivity contribution is 6.02. The van der Waals surface area contributed by atoms with Crippen LogP contribution in [0.3, 0.4) is 0 Å². The average Bonchev–Trinajstić information content (AvgIpc) is 2.78. The van der Waals surface area contributed by atoms with Gasteiger partial charge in [-0.05, 0) is 43.4 Å². The molecule has 1 aliphatic rings. The highest BCUT2D eigenvalue weighted by atomic mass is 14.8. The summed E-state index contributed by atoms with van der Waals surface area (Å²) in [5.41, 5.74) is 5.42. The van der Waals surface area contributed by atoms with Crippen LogP contribution in [0.4, 0.5) is 0 Å². The molecule has 1 heterocycles. The van der Waals surface area contributed by atoms with E-state index in [0.717, 1.165) is 13.0 Å². The van der Waals surface area contributed by atoms with Crippen molar-refractivity contribution in [1.82, 2.24) is 0 Å². The fourth-order valence-corrected chi connectivity index (χ4v) is 1.82. The number of aliphatic imine (C=N–C) groups is 1. The summed E-state index contributed by atoms with van der Waals surface area (Å²) in [6, 6.07) is 6.47. The Balaban J connectivity index is 0.000000531. The molecule has 0 radical (unpaired) electrons. The second kappa shape index (κ2) is 5.69. The third kappa shape index (κ3) is 2.68. The number of hydrogen-bond donors (Lipinski definition) is 0. The molecule has 0 fully saturated rings. The van der Waals surface area contributed by atoms with Gasteiger partial charge in [-0.1, -0.05) is 32.0 Å². The van der Waals surface area contributed by atoms with E-state index < -0.39 is 0 Å². The topological polar surface area (TPSA) is 12.4 Å². The van der Waals surface area contributed by atoms with Crippen molar-refractivity contribution in [1.29, 1.82) is 0 Å². The van der Waals surface area contributed by atoms with Gasteiger partial charge in [0.05, 0.1) is 0 Å². The number of nitrogens with zero attached hydrogens (tertiary/aromatic N) is 1. The van der Waals surface area contributed by atoms with E-state index in [1.807, 2.05) is 13.8 Å². The van der Waals surface area contributed by atoms with Crippen LogP contribution in [-0.2, 0) is 0 Å². The fraction of sp³-hybridized carbons (Fsp3) is 0.500. The normalized spacial score (nSPS) is 14.3. The van der Waals surface area contributed by atoms with Crippen LogP contribution in [0.1, 0.15) is 43.4 Å². The van der Waals surface area contributed by atoms with Crippen molar-refractivity contribution >= 4 is 5.71 Å². The number of benzene rings is 1. The lowest BCUT2D eigenvalue weighted by Crippen LogP contribution is -2.00. The van der Waals surface area contributed by atoms with Gasteiger partial charge in [-0.25, -0.2) is 0 Å². The molecule has 1 aromatic rings. The summed E-state index contributed by atoms with van der Waals surface area (Å²) in [6.45, 7) is 9.36. The minimum atomic E-state index is 1.02. The van der Waals surface area contributed by atoms with E-state index in [1.165, 1.54) is 28.8 Å². The molecule has 0 bridgehead atoms. The summed E-state index contributed by atoms with van der Waals surface area (Å²) in [5, 5.41) is 0. The zero-order valence-electron chi connectivity index (χ0n) is 10.3. The summed E-state index contributed by atoms with van der Waals surface area (Å²) in [5.74, 6) is 0. The first-order chi connectivity index (χ1) is 7.29. The molecule has 1 heteroatoms.